The van der Waals surface area contributed by atoms with Crippen molar-refractivity contribution in [1.82, 2.24) is 5.32 Å². The van der Waals surface area contributed by atoms with Crippen LogP contribution in [0.25, 0.3) is 0 Å². The molecule has 0 unspecified atom stereocenters. The fourth-order valence-electron chi connectivity index (χ4n) is 1.51. The van der Waals surface area contributed by atoms with Gasteiger partial charge in [-0.2, -0.15) is 0 Å². The Kier molecular flexibility index (Phi) is 7.43. The third-order valence-electron chi connectivity index (χ3n) is 2.58. The number of methoxy groups -OCH3 is 1. The highest BCUT2D eigenvalue weighted by Gasteiger charge is 2.01. The third kappa shape index (κ3) is 6.67. The summed E-state index contributed by atoms with van der Waals surface area (Å²) in [6.45, 7) is 1.77. The van der Waals surface area contributed by atoms with Crippen LogP contribution in [0.15, 0.2) is 24.3 Å². The fourth-order valence-corrected chi connectivity index (χ4v) is 1.51. The van der Waals surface area contributed by atoms with Gasteiger partial charge >= 0.3 is 0 Å². The van der Waals surface area contributed by atoms with E-state index in [0.717, 1.165) is 17.9 Å². The van der Waals surface area contributed by atoms with Crippen LogP contribution in [0, 0.1) is 0 Å². The quantitative estimate of drug-likeness (QED) is 0.661. The van der Waals surface area contributed by atoms with E-state index < -0.39 is 0 Å². The van der Waals surface area contributed by atoms with Crippen molar-refractivity contribution < 1.29 is 14.3 Å². The van der Waals surface area contributed by atoms with E-state index in [-0.39, 0.29) is 5.91 Å². The van der Waals surface area contributed by atoms with Gasteiger partial charge in [0.2, 0.25) is 5.91 Å². The highest BCUT2D eigenvalue weighted by atomic mass is 16.5. The summed E-state index contributed by atoms with van der Waals surface area (Å²) < 4.78 is 10.6. The first-order valence-electron chi connectivity index (χ1n) is 6.50. The summed E-state index contributed by atoms with van der Waals surface area (Å²) in [5.41, 5.74) is 5.34. The molecule has 1 aromatic carbocycles. The maximum absolute atomic E-state index is 11.4. The highest BCUT2D eigenvalue weighted by molar-refractivity contribution is 5.75. The van der Waals surface area contributed by atoms with E-state index in [9.17, 15) is 4.79 Å². The molecule has 0 atom stereocenters. The Balaban J connectivity index is 2.11. The lowest BCUT2D eigenvalue weighted by atomic mass is 10.3. The van der Waals surface area contributed by atoms with Crippen LogP contribution in [0.5, 0.6) is 11.5 Å². The van der Waals surface area contributed by atoms with Crippen LogP contribution < -0.4 is 20.5 Å². The van der Waals surface area contributed by atoms with E-state index in [1.165, 1.54) is 0 Å². The normalized spacial score (nSPS) is 10.0. The van der Waals surface area contributed by atoms with E-state index in [0.29, 0.717) is 32.5 Å². The molecule has 0 radical (unpaired) electrons. The predicted octanol–water partition coefficient (Wildman–Crippen LogP) is 1.32. The molecule has 0 bridgehead atoms. The van der Waals surface area contributed by atoms with Crippen LogP contribution in [-0.4, -0.2) is 32.7 Å². The monoisotopic (exact) mass is 266 g/mol. The van der Waals surface area contributed by atoms with E-state index in [1.54, 1.807) is 7.11 Å². The molecule has 0 saturated heterocycles. The molecule has 5 nitrogen and oxygen atoms in total. The van der Waals surface area contributed by atoms with Gasteiger partial charge in [-0.25, -0.2) is 0 Å². The molecular weight excluding hydrogens is 244 g/mol. The molecule has 1 aromatic rings. The number of benzene rings is 1. The highest BCUT2D eigenvalue weighted by Crippen LogP contribution is 2.17. The van der Waals surface area contributed by atoms with Crippen molar-refractivity contribution in [3.05, 3.63) is 24.3 Å². The first-order chi connectivity index (χ1) is 9.26. The molecule has 19 heavy (non-hydrogen) atoms. The molecular formula is C14H22N2O3. The second-order valence-corrected chi connectivity index (χ2v) is 4.12. The lowest BCUT2D eigenvalue weighted by molar-refractivity contribution is -0.121. The summed E-state index contributed by atoms with van der Waals surface area (Å²) in [5, 5.41) is 2.81. The van der Waals surface area contributed by atoms with Gasteiger partial charge in [0.05, 0.1) is 13.7 Å². The van der Waals surface area contributed by atoms with Crippen LogP contribution in [0.4, 0.5) is 0 Å². The van der Waals surface area contributed by atoms with Gasteiger partial charge in [0.25, 0.3) is 0 Å². The van der Waals surface area contributed by atoms with Crippen molar-refractivity contribution in [3.63, 3.8) is 0 Å². The van der Waals surface area contributed by atoms with Crippen molar-refractivity contribution in [2.75, 3.05) is 26.8 Å². The Bertz CT molecular complexity index is 365. The number of nitrogens with two attached hydrogens (primary N) is 1. The zero-order chi connectivity index (χ0) is 13.9. The zero-order valence-corrected chi connectivity index (χ0v) is 11.4. The van der Waals surface area contributed by atoms with Crippen LogP contribution in [0.2, 0.25) is 0 Å². The Morgan fingerprint density at radius 3 is 2.53 bits per heavy atom. The zero-order valence-electron chi connectivity index (χ0n) is 11.4. The Labute approximate surface area is 114 Å². The van der Waals surface area contributed by atoms with Gasteiger partial charge in [0.15, 0.2) is 0 Å². The van der Waals surface area contributed by atoms with Gasteiger partial charge in [-0.05, 0) is 43.7 Å². The summed E-state index contributed by atoms with van der Waals surface area (Å²) >= 11 is 0. The van der Waals surface area contributed by atoms with Gasteiger partial charge in [-0.15, -0.1) is 0 Å². The van der Waals surface area contributed by atoms with E-state index in [2.05, 4.69) is 5.32 Å². The average Bonchev–Trinajstić information content (AvgIpc) is 2.44. The second kappa shape index (κ2) is 9.22. The number of carbonyl (C=O) groups excluding carboxylic acids is 1. The molecule has 1 rings (SSSR count). The maximum atomic E-state index is 11.4. The number of rotatable bonds is 9. The molecule has 0 aliphatic carbocycles. The van der Waals surface area contributed by atoms with Crippen molar-refractivity contribution in [2.24, 2.45) is 5.73 Å². The lowest BCUT2D eigenvalue weighted by Gasteiger charge is -2.07. The SMILES string of the molecule is COc1ccc(OCCCC(=O)NCCCN)cc1. The van der Waals surface area contributed by atoms with Gasteiger partial charge in [0, 0.05) is 13.0 Å². The summed E-state index contributed by atoms with van der Waals surface area (Å²) in [5.74, 6) is 1.63. The minimum Gasteiger partial charge on any atom is -0.497 e. The largest absolute Gasteiger partial charge is 0.497 e. The molecule has 0 spiro atoms. The third-order valence-corrected chi connectivity index (χ3v) is 2.58. The van der Waals surface area contributed by atoms with E-state index >= 15 is 0 Å². The first kappa shape index (κ1) is 15.3. The average molecular weight is 266 g/mol. The molecule has 0 aliphatic rings. The summed E-state index contributed by atoms with van der Waals surface area (Å²) in [7, 11) is 1.62. The maximum Gasteiger partial charge on any atom is 0.220 e. The van der Waals surface area contributed by atoms with Crippen LogP contribution in [0.3, 0.4) is 0 Å². The van der Waals surface area contributed by atoms with Crippen LogP contribution in [-0.2, 0) is 4.79 Å². The molecule has 0 aliphatic heterocycles. The van der Waals surface area contributed by atoms with Gasteiger partial charge < -0.3 is 20.5 Å². The molecule has 106 valence electrons. The molecule has 0 aromatic heterocycles. The predicted molar refractivity (Wildman–Crippen MR) is 74.4 cm³/mol. The smallest absolute Gasteiger partial charge is 0.220 e. The minimum atomic E-state index is 0.0479. The van der Waals surface area contributed by atoms with E-state index in [4.69, 9.17) is 15.2 Å². The fraction of sp³-hybridized carbons (Fsp3) is 0.500. The number of ether oxygens (including phenoxy) is 2. The first-order valence-corrected chi connectivity index (χ1v) is 6.50. The Morgan fingerprint density at radius 2 is 1.89 bits per heavy atom. The molecule has 0 fully saturated rings. The summed E-state index contributed by atoms with van der Waals surface area (Å²) in [6, 6.07) is 7.38. The van der Waals surface area contributed by atoms with Gasteiger partial charge in [-0.1, -0.05) is 0 Å². The molecule has 0 saturated carbocycles. The van der Waals surface area contributed by atoms with Gasteiger partial charge in [-0.3, -0.25) is 4.79 Å². The number of amides is 1. The number of carbonyl (C=O) groups is 1. The molecule has 3 N–H and O–H groups in total. The minimum absolute atomic E-state index is 0.0479. The van der Waals surface area contributed by atoms with E-state index in [1.807, 2.05) is 24.3 Å². The number of hydrogen-bond donors (Lipinski definition) is 2. The van der Waals surface area contributed by atoms with Crippen molar-refractivity contribution in [1.29, 1.82) is 0 Å². The Hall–Kier alpha value is -1.75. The molecule has 0 heterocycles. The lowest BCUT2D eigenvalue weighted by Crippen LogP contribution is -2.26. The summed E-state index contributed by atoms with van der Waals surface area (Å²) in [6.07, 6.45) is 1.98. The van der Waals surface area contributed by atoms with Crippen LogP contribution in [0.1, 0.15) is 19.3 Å². The second-order valence-electron chi connectivity index (χ2n) is 4.12. The molecule has 1 amide bonds. The van der Waals surface area contributed by atoms with Gasteiger partial charge in [0.1, 0.15) is 11.5 Å². The number of nitrogens with one attached hydrogen (secondary N) is 1. The molecule has 5 heteroatoms. The topological polar surface area (TPSA) is 73.6 Å². The van der Waals surface area contributed by atoms with Crippen LogP contribution >= 0.6 is 0 Å². The van der Waals surface area contributed by atoms with Crippen molar-refractivity contribution in [3.8, 4) is 11.5 Å². The standard InChI is InChI=1S/C14H22N2O3/c1-18-12-5-7-13(8-6-12)19-11-2-4-14(17)16-10-3-9-15/h5-8H,2-4,9-11,15H2,1H3,(H,16,17). The van der Waals surface area contributed by atoms with Crippen molar-refractivity contribution >= 4 is 5.91 Å². The number of hydrogen-bond acceptors (Lipinski definition) is 4. The summed E-state index contributed by atoms with van der Waals surface area (Å²) in [4.78, 5) is 11.4. The van der Waals surface area contributed by atoms with Crippen molar-refractivity contribution in [2.45, 2.75) is 19.3 Å². The Morgan fingerprint density at radius 1 is 1.21 bits per heavy atom.